The molecule has 1 aromatic heterocycles. The lowest BCUT2D eigenvalue weighted by Crippen LogP contribution is -2.31. The van der Waals surface area contributed by atoms with Crippen LogP contribution >= 0.6 is 0 Å². The molecule has 0 fully saturated rings. The van der Waals surface area contributed by atoms with Crippen molar-refractivity contribution in [3.63, 3.8) is 0 Å². The number of aryl methyl sites for hydroxylation is 1. The monoisotopic (exact) mass is 304 g/mol. The summed E-state index contributed by atoms with van der Waals surface area (Å²) in [6.07, 6.45) is 0.837. The van der Waals surface area contributed by atoms with Crippen molar-refractivity contribution in [3.8, 4) is 0 Å². The Bertz CT molecular complexity index is 510. The van der Waals surface area contributed by atoms with Gasteiger partial charge in [-0.25, -0.2) is 13.1 Å². The molecule has 7 heteroatoms. The van der Waals surface area contributed by atoms with Gasteiger partial charge in [0.25, 0.3) is 0 Å². The quantitative estimate of drug-likeness (QED) is 0.674. The highest BCUT2D eigenvalue weighted by atomic mass is 32.2. The Balaban J connectivity index is 2.74. The van der Waals surface area contributed by atoms with Gasteiger partial charge in [0.15, 0.2) is 0 Å². The molecule has 0 aliphatic rings. The molecule has 0 bridgehead atoms. The van der Waals surface area contributed by atoms with E-state index in [1.807, 2.05) is 0 Å². The zero-order valence-corrected chi connectivity index (χ0v) is 13.3. The number of sulfonamides is 1. The number of hydrogen-bond acceptors (Lipinski definition) is 5. The highest BCUT2D eigenvalue weighted by molar-refractivity contribution is 7.89. The van der Waals surface area contributed by atoms with Gasteiger partial charge in [-0.2, -0.15) is 0 Å². The minimum atomic E-state index is -3.56. The van der Waals surface area contributed by atoms with Crippen LogP contribution in [-0.4, -0.2) is 34.7 Å². The Kier molecular flexibility index (Phi) is 6.67. The Labute approximate surface area is 120 Å². The van der Waals surface area contributed by atoms with Crippen molar-refractivity contribution in [2.45, 2.75) is 44.7 Å². The second-order valence-corrected chi connectivity index (χ2v) is 6.44. The lowest BCUT2D eigenvalue weighted by molar-refractivity contribution is 0.122. The van der Waals surface area contributed by atoms with Gasteiger partial charge in [0, 0.05) is 19.7 Å². The highest BCUT2D eigenvalue weighted by Crippen LogP contribution is 2.19. The molecule has 2 N–H and O–H groups in total. The summed E-state index contributed by atoms with van der Waals surface area (Å²) in [4.78, 5) is 0.189. The van der Waals surface area contributed by atoms with Crippen molar-refractivity contribution >= 4 is 10.0 Å². The number of ether oxygens (including phenoxy) is 1. The lowest BCUT2D eigenvalue weighted by atomic mass is 10.4. The minimum Gasteiger partial charge on any atom is -0.464 e. The number of rotatable bonds is 9. The first-order valence-corrected chi connectivity index (χ1v) is 8.21. The van der Waals surface area contributed by atoms with E-state index in [1.165, 1.54) is 0 Å². The zero-order chi connectivity index (χ0) is 15.2. The molecular formula is C13H24N2O4S. The average Bonchev–Trinajstić information content (AvgIpc) is 2.78. The first-order valence-electron chi connectivity index (χ1n) is 6.73. The van der Waals surface area contributed by atoms with Gasteiger partial charge < -0.3 is 14.5 Å². The van der Waals surface area contributed by atoms with Crippen LogP contribution in [0.1, 0.15) is 31.8 Å². The van der Waals surface area contributed by atoms with Crippen molar-refractivity contribution in [3.05, 3.63) is 17.6 Å². The first-order chi connectivity index (χ1) is 9.40. The Morgan fingerprint density at radius 3 is 2.75 bits per heavy atom. The third-order valence-corrected chi connectivity index (χ3v) is 4.43. The minimum absolute atomic E-state index is 0.178. The molecule has 20 heavy (non-hydrogen) atoms. The van der Waals surface area contributed by atoms with Gasteiger partial charge in [-0.15, -0.1) is 0 Å². The lowest BCUT2D eigenvalue weighted by Gasteiger charge is -2.10. The van der Waals surface area contributed by atoms with Gasteiger partial charge in [0.1, 0.15) is 16.4 Å². The smallest absolute Gasteiger partial charge is 0.244 e. The molecule has 116 valence electrons. The molecule has 0 saturated carbocycles. The molecule has 0 radical (unpaired) electrons. The van der Waals surface area contributed by atoms with Crippen LogP contribution in [0.25, 0.3) is 0 Å². The van der Waals surface area contributed by atoms with E-state index in [9.17, 15) is 8.42 Å². The van der Waals surface area contributed by atoms with Crippen LogP contribution < -0.4 is 10.0 Å². The largest absolute Gasteiger partial charge is 0.464 e. The third-order valence-electron chi connectivity index (χ3n) is 2.90. The summed E-state index contributed by atoms with van der Waals surface area (Å²) in [5.74, 6) is 1.02. The van der Waals surface area contributed by atoms with Crippen LogP contribution in [0, 0.1) is 6.92 Å². The van der Waals surface area contributed by atoms with E-state index < -0.39 is 10.0 Å². The molecule has 0 spiro atoms. The fourth-order valence-electron chi connectivity index (χ4n) is 1.65. The van der Waals surface area contributed by atoms with Gasteiger partial charge in [0.2, 0.25) is 10.0 Å². The van der Waals surface area contributed by atoms with Gasteiger partial charge >= 0.3 is 0 Å². The summed E-state index contributed by atoms with van der Waals surface area (Å²) in [6, 6.07) is 1.57. The van der Waals surface area contributed by atoms with Crippen LogP contribution in [0.5, 0.6) is 0 Å². The molecule has 1 rings (SSSR count). The predicted molar refractivity (Wildman–Crippen MR) is 77.1 cm³/mol. The second kappa shape index (κ2) is 7.78. The summed E-state index contributed by atoms with van der Waals surface area (Å²) in [5.41, 5.74) is 0. The molecule has 1 aromatic rings. The average molecular weight is 304 g/mol. The second-order valence-electron chi connectivity index (χ2n) is 4.71. The van der Waals surface area contributed by atoms with Crippen LogP contribution in [-0.2, 0) is 21.3 Å². The molecule has 0 aliphatic heterocycles. The third kappa shape index (κ3) is 4.90. The van der Waals surface area contributed by atoms with Crippen LogP contribution in [0.4, 0.5) is 0 Å². The number of hydrogen-bond donors (Lipinski definition) is 2. The standard InChI is InChI=1S/C13H24N2O4S/c1-5-6-14-9-12-7-13(11(3)19-12)20(16,17)15-8-10(2)18-4/h7,10,14-15H,5-6,8-9H2,1-4H3. The van der Waals surface area contributed by atoms with E-state index in [0.717, 1.165) is 13.0 Å². The zero-order valence-electron chi connectivity index (χ0n) is 12.5. The first kappa shape index (κ1) is 17.2. The van der Waals surface area contributed by atoms with Gasteiger partial charge in [0.05, 0.1) is 12.6 Å². The van der Waals surface area contributed by atoms with Crippen molar-refractivity contribution < 1.29 is 17.6 Å². The van der Waals surface area contributed by atoms with Gasteiger partial charge in [-0.3, -0.25) is 0 Å². The van der Waals surface area contributed by atoms with Crippen molar-refractivity contribution in [2.75, 3.05) is 20.2 Å². The Hall–Kier alpha value is -0.890. The molecule has 1 unspecified atom stereocenters. The van der Waals surface area contributed by atoms with Gasteiger partial charge in [-0.1, -0.05) is 6.92 Å². The van der Waals surface area contributed by atoms with Crippen LogP contribution in [0.15, 0.2) is 15.4 Å². The van der Waals surface area contributed by atoms with Gasteiger partial charge in [-0.05, 0) is 26.8 Å². The summed E-state index contributed by atoms with van der Waals surface area (Å²) < 4.78 is 37.3. The molecule has 6 nitrogen and oxygen atoms in total. The van der Waals surface area contributed by atoms with Crippen LogP contribution in [0.3, 0.4) is 0 Å². The maximum Gasteiger partial charge on any atom is 0.244 e. The highest BCUT2D eigenvalue weighted by Gasteiger charge is 2.21. The normalized spacial score (nSPS) is 13.6. The Morgan fingerprint density at radius 2 is 2.15 bits per heavy atom. The van der Waals surface area contributed by atoms with Crippen LogP contribution in [0.2, 0.25) is 0 Å². The maximum atomic E-state index is 12.2. The topological polar surface area (TPSA) is 80.6 Å². The van der Waals surface area contributed by atoms with E-state index in [4.69, 9.17) is 9.15 Å². The van der Waals surface area contributed by atoms with E-state index in [-0.39, 0.29) is 17.5 Å². The summed E-state index contributed by atoms with van der Waals surface area (Å²) in [7, 11) is -2.02. The van der Waals surface area contributed by atoms with Crippen molar-refractivity contribution in [1.29, 1.82) is 0 Å². The summed E-state index contributed by atoms with van der Waals surface area (Å²) in [5, 5.41) is 3.17. The van der Waals surface area contributed by atoms with E-state index in [2.05, 4.69) is 17.0 Å². The summed E-state index contributed by atoms with van der Waals surface area (Å²) in [6.45, 7) is 7.14. The Morgan fingerprint density at radius 1 is 1.45 bits per heavy atom. The molecule has 0 aliphatic carbocycles. The van der Waals surface area contributed by atoms with E-state index >= 15 is 0 Å². The molecular weight excluding hydrogens is 280 g/mol. The molecule has 0 aromatic carbocycles. The van der Waals surface area contributed by atoms with E-state index in [0.29, 0.717) is 18.1 Å². The predicted octanol–water partition coefficient (Wildman–Crippen LogP) is 1.40. The fourth-order valence-corrected chi connectivity index (χ4v) is 2.97. The number of nitrogens with one attached hydrogen (secondary N) is 2. The fraction of sp³-hybridized carbons (Fsp3) is 0.692. The molecule has 1 atom stereocenters. The molecule has 0 saturated heterocycles. The van der Waals surface area contributed by atoms with E-state index in [1.54, 1.807) is 27.0 Å². The van der Waals surface area contributed by atoms with Crippen molar-refractivity contribution in [1.82, 2.24) is 10.0 Å². The molecule has 1 heterocycles. The van der Waals surface area contributed by atoms with Crippen molar-refractivity contribution in [2.24, 2.45) is 0 Å². The number of furan rings is 1. The molecule has 0 amide bonds. The number of methoxy groups -OCH3 is 1. The summed E-state index contributed by atoms with van der Waals surface area (Å²) >= 11 is 0. The maximum absolute atomic E-state index is 12.2. The SMILES string of the molecule is CCCNCc1cc(S(=O)(=O)NCC(C)OC)c(C)o1.